The summed E-state index contributed by atoms with van der Waals surface area (Å²) in [4.78, 5) is 2.43. The van der Waals surface area contributed by atoms with E-state index < -0.39 is 0 Å². The Kier molecular flexibility index (Phi) is 5.67. The normalized spacial score (nSPS) is 15.5. The van der Waals surface area contributed by atoms with Crippen LogP contribution >= 0.6 is 0 Å². The minimum Gasteiger partial charge on any atom is -0.494 e. The Labute approximate surface area is 116 Å². The maximum atomic E-state index is 5.76. The third-order valence-electron chi connectivity index (χ3n) is 3.88. The molecule has 2 rings (SSSR count). The number of ether oxygens (including phenoxy) is 1. The van der Waals surface area contributed by atoms with Crippen LogP contribution in [0, 0.1) is 5.92 Å². The van der Waals surface area contributed by atoms with Crippen molar-refractivity contribution in [3.63, 3.8) is 0 Å². The molecule has 0 aromatic heterocycles. The van der Waals surface area contributed by atoms with Crippen LogP contribution in [0.15, 0.2) is 24.3 Å². The molecular weight excluding hydrogens is 236 g/mol. The van der Waals surface area contributed by atoms with Crippen molar-refractivity contribution in [3.05, 3.63) is 29.8 Å². The Balaban J connectivity index is 1.60. The zero-order valence-electron chi connectivity index (χ0n) is 12.0. The molecule has 0 radical (unpaired) electrons. The molecule has 0 saturated heterocycles. The monoisotopic (exact) mass is 262 g/mol. The maximum Gasteiger partial charge on any atom is 0.119 e. The summed E-state index contributed by atoms with van der Waals surface area (Å²) in [6.45, 7) is 3.72. The van der Waals surface area contributed by atoms with Crippen molar-refractivity contribution in [1.82, 2.24) is 4.90 Å². The summed E-state index contributed by atoms with van der Waals surface area (Å²) in [6, 6.07) is 8.05. The summed E-state index contributed by atoms with van der Waals surface area (Å²) in [6.07, 6.45) is 5.36. The summed E-state index contributed by atoms with van der Waals surface area (Å²) >= 11 is 0. The summed E-state index contributed by atoms with van der Waals surface area (Å²) in [7, 11) is 2.22. The summed E-state index contributed by atoms with van der Waals surface area (Å²) in [5.74, 6) is 1.89. The van der Waals surface area contributed by atoms with Crippen LogP contribution in [0.2, 0.25) is 0 Å². The first kappa shape index (κ1) is 14.4. The van der Waals surface area contributed by atoms with Gasteiger partial charge in [0.1, 0.15) is 5.75 Å². The van der Waals surface area contributed by atoms with Crippen LogP contribution in [0.1, 0.15) is 31.2 Å². The van der Waals surface area contributed by atoms with Crippen molar-refractivity contribution in [2.45, 2.75) is 32.2 Å². The van der Waals surface area contributed by atoms with Crippen LogP contribution in [0.3, 0.4) is 0 Å². The number of rotatable bonds is 8. The highest BCUT2D eigenvalue weighted by atomic mass is 16.5. The number of hydrogen-bond acceptors (Lipinski definition) is 3. The van der Waals surface area contributed by atoms with Crippen molar-refractivity contribution in [1.29, 1.82) is 0 Å². The van der Waals surface area contributed by atoms with E-state index in [-0.39, 0.29) is 0 Å². The molecule has 19 heavy (non-hydrogen) atoms. The van der Waals surface area contributed by atoms with Crippen molar-refractivity contribution in [3.8, 4) is 5.75 Å². The van der Waals surface area contributed by atoms with Crippen LogP contribution in [0.5, 0.6) is 5.75 Å². The molecule has 0 aliphatic heterocycles. The predicted octanol–water partition coefficient (Wildman–Crippen LogP) is 2.65. The number of nitrogens with zero attached hydrogens (tertiary/aromatic N) is 1. The van der Waals surface area contributed by atoms with E-state index in [2.05, 4.69) is 11.9 Å². The summed E-state index contributed by atoms with van der Waals surface area (Å²) < 4.78 is 5.76. The van der Waals surface area contributed by atoms with Gasteiger partial charge in [0.15, 0.2) is 0 Å². The minimum absolute atomic E-state index is 0.571. The third kappa shape index (κ3) is 4.84. The fourth-order valence-corrected chi connectivity index (χ4v) is 2.49. The van der Waals surface area contributed by atoms with Gasteiger partial charge < -0.3 is 15.4 Å². The van der Waals surface area contributed by atoms with Gasteiger partial charge in [-0.1, -0.05) is 18.6 Å². The van der Waals surface area contributed by atoms with Gasteiger partial charge in [0, 0.05) is 19.6 Å². The van der Waals surface area contributed by atoms with E-state index >= 15 is 0 Å². The lowest BCUT2D eigenvalue weighted by atomic mass is 9.85. The van der Waals surface area contributed by atoms with Crippen LogP contribution in [-0.4, -0.2) is 31.6 Å². The van der Waals surface area contributed by atoms with E-state index in [9.17, 15) is 0 Å². The fraction of sp³-hybridized carbons (Fsp3) is 0.625. The minimum atomic E-state index is 0.571. The van der Waals surface area contributed by atoms with Gasteiger partial charge in [-0.2, -0.15) is 0 Å². The van der Waals surface area contributed by atoms with Gasteiger partial charge in [-0.05, 0) is 49.9 Å². The topological polar surface area (TPSA) is 38.5 Å². The highest BCUT2D eigenvalue weighted by Crippen LogP contribution is 2.26. The smallest absolute Gasteiger partial charge is 0.119 e. The zero-order valence-corrected chi connectivity index (χ0v) is 12.0. The van der Waals surface area contributed by atoms with E-state index in [4.69, 9.17) is 10.5 Å². The number of benzene rings is 1. The maximum absolute atomic E-state index is 5.76. The standard InChI is InChI=1S/C16H26N2O/c1-18(13-14-5-2-6-14)9-4-10-19-16-8-3-7-15(11-16)12-17/h3,7-8,11,14H,2,4-6,9-10,12-13,17H2,1H3. The molecule has 3 heteroatoms. The highest BCUT2D eigenvalue weighted by Gasteiger charge is 2.18. The van der Waals surface area contributed by atoms with Gasteiger partial charge >= 0.3 is 0 Å². The molecule has 1 aromatic rings. The van der Waals surface area contributed by atoms with E-state index in [1.54, 1.807) is 0 Å². The quantitative estimate of drug-likeness (QED) is 0.732. The zero-order chi connectivity index (χ0) is 13.5. The lowest BCUT2D eigenvalue weighted by Gasteiger charge is -2.30. The Morgan fingerprint density at radius 1 is 1.37 bits per heavy atom. The molecule has 0 spiro atoms. The van der Waals surface area contributed by atoms with E-state index in [1.165, 1.54) is 25.8 Å². The van der Waals surface area contributed by atoms with Gasteiger partial charge in [0.25, 0.3) is 0 Å². The Bertz CT molecular complexity index is 377. The van der Waals surface area contributed by atoms with Crippen molar-refractivity contribution >= 4 is 0 Å². The van der Waals surface area contributed by atoms with Gasteiger partial charge in [0.2, 0.25) is 0 Å². The molecule has 0 amide bonds. The SMILES string of the molecule is CN(CCCOc1cccc(CN)c1)CC1CCC1. The third-order valence-corrected chi connectivity index (χ3v) is 3.88. The van der Waals surface area contributed by atoms with Crippen molar-refractivity contribution < 1.29 is 4.74 Å². The summed E-state index contributed by atoms with van der Waals surface area (Å²) in [5.41, 5.74) is 6.74. The lowest BCUT2D eigenvalue weighted by Crippen LogP contribution is -2.30. The molecule has 0 atom stereocenters. The number of nitrogens with two attached hydrogens (primary N) is 1. The Morgan fingerprint density at radius 2 is 2.21 bits per heavy atom. The second-order valence-electron chi connectivity index (χ2n) is 5.61. The molecular formula is C16H26N2O. The second-order valence-corrected chi connectivity index (χ2v) is 5.61. The van der Waals surface area contributed by atoms with E-state index in [0.717, 1.165) is 36.8 Å². The molecule has 0 bridgehead atoms. The van der Waals surface area contributed by atoms with E-state index in [0.29, 0.717) is 6.54 Å². The molecule has 1 aromatic carbocycles. The average Bonchev–Trinajstić information content (AvgIpc) is 2.39. The van der Waals surface area contributed by atoms with Gasteiger partial charge in [-0.25, -0.2) is 0 Å². The Hall–Kier alpha value is -1.06. The molecule has 1 fully saturated rings. The first-order valence-corrected chi connectivity index (χ1v) is 7.38. The summed E-state index contributed by atoms with van der Waals surface area (Å²) in [5, 5.41) is 0. The van der Waals surface area contributed by atoms with Gasteiger partial charge in [0.05, 0.1) is 6.61 Å². The molecule has 1 saturated carbocycles. The van der Waals surface area contributed by atoms with Crippen LogP contribution in [-0.2, 0) is 6.54 Å². The Morgan fingerprint density at radius 3 is 2.89 bits per heavy atom. The molecule has 3 nitrogen and oxygen atoms in total. The molecule has 0 heterocycles. The molecule has 1 aliphatic rings. The van der Waals surface area contributed by atoms with Gasteiger partial charge in [-0.3, -0.25) is 0 Å². The molecule has 106 valence electrons. The first-order chi connectivity index (χ1) is 9.28. The van der Waals surface area contributed by atoms with Crippen LogP contribution in [0.25, 0.3) is 0 Å². The predicted molar refractivity (Wildman–Crippen MR) is 79.3 cm³/mol. The molecule has 0 unspecified atom stereocenters. The van der Waals surface area contributed by atoms with Crippen molar-refractivity contribution in [2.24, 2.45) is 11.7 Å². The lowest BCUT2D eigenvalue weighted by molar-refractivity contribution is 0.192. The average molecular weight is 262 g/mol. The highest BCUT2D eigenvalue weighted by molar-refractivity contribution is 5.28. The number of hydrogen-bond donors (Lipinski definition) is 1. The van der Waals surface area contributed by atoms with E-state index in [1.807, 2.05) is 24.3 Å². The molecule has 1 aliphatic carbocycles. The largest absolute Gasteiger partial charge is 0.494 e. The molecule has 2 N–H and O–H groups in total. The first-order valence-electron chi connectivity index (χ1n) is 7.38. The van der Waals surface area contributed by atoms with Gasteiger partial charge in [-0.15, -0.1) is 0 Å². The fourth-order valence-electron chi connectivity index (χ4n) is 2.49. The van der Waals surface area contributed by atoms with Crippen molar-refractivity contribution in [2.75, 3.05) is 26.7 Å². The van der Waals surface area contributed by atoms with Crippen LogP contribution < -0.4 is 10.5 Å². The van der Waals surface area contributed by atoms with Crippen LogP contribution in [0.4, 0.5) is 0 Å². The second kappa shape index (κ2) is 7.51.